The third-order valence-corrected chi connectivity index (χ3v) is 1.57. The van der Waals surface area contributed by atoms with E-state index in [4.69, 9.17) is 9.90 Å². The molecule has 60 valence electrons. The van der Waals surface area contributed by atoms with Gasteiger partial charge in [0.1, 0.15) is 6.29 Å². The number of carbonyl (C=O) groups is 1. The molecule has 0 aromatic rings. The molecule has 0 spiro atoms. The molecule has 10 heavy (non-hydrogen) atoms. The predicted octanol–water partition coefficient (Wildman–Crippen LogP) is 1.52. The van der Waals surface area contributed by atoms with Crippen molar-refractivity contribution >= 4 is 6.29 Å². The van der Waals surface area contributed by atoms with Crippen LogP contribution in [0, 0.1) is 0 Å². The molecule has 0 heterocycles. The number of carbonyl (C=O) groups excluding carboxylic acids is 1. The van der Waals surface area contributed by atoms with Crippen molar-refractivity contribution in [3.8, 4) is 0 Å². The van der Waals surface area contributed by atoms with E-state index in [-0.39, 0.29) is 6.61 Å². The minimum atomic E-state index is -0.361. The largest absolute Gasteiger partial charge is 0.389 e. The normalized spacial score (nSPS) is 16.9. The monoisotopic (exact) mass is 144 g/mol. The highest BCUT2D eigenvalue weighted by atomic mass is 16.3. The van der Waals surface area contributed by atoms with Crippen molar-refractivity contribution in [3.63, 3.8) is 0 Å². The zero-order chi connectivity index (χ0) is 7.66. The quantitative estimate of drug-likeness (QED) is 0.566. The Morgan fingerprint density at radius 2 is 1.20 bits per heavy atom. The van der Waals surface area contributed by atoms with Gasteiger partial charge in [0, 0.05) is 0 Å². The van der Waals surface area contributed by atoms with E-state index in [0.717, 1.165) is 0 Å². The molecule has 1 aliphatic carbocycles. The molecular weight excluding hydrogens is 128 g/mol. The summed E-state index contributed by atoms with van der Waals surface area (Å²) in [4.78, 5) is 8.92. The van der Waals surface area contributed by atoms with E-state index in [2.05, 4.69) is 0 Å². The highest BCUT2D eigenvalue weighted by Gasteiger charge is 1.95. The second kappa shape index (κ2) is 8.63. The fourth-order valence-corrected chi connectivity index (χ4v) is 1.06. The van der Waals surface area contributed by atoms with Gasteiger partial charge in [0.2, 0.25) is 0 Å². The van der Waals surface area contributed by atoms with Gasteiger partial charge >= 0.3 is 0 Å². The van der Waals surface area contributed by atoms with E-state index in [1.54, 1.807) is 0 Å². The zero-order valence-electron chi connectivity index (χ0n) is 6.38. The minimum Gasteiger partial charge on any atom is -0.389 e. The Balaban J connectivity index is 0.000000180. The molecule has 0 aliphatic heterocycles. The lowest BCUT2D eigenvalue weighted by atomic mass is 10.0. The van der Waals surface area contributed by atoms with Gasteiger partial charge in [-0.05, 0) is 0 Å². The summed E-state index contributed by atoms with van der Waals surface area (Å²) in [6, 6.07) is 0. The van der Waals surface area contributed by atoms with E-state index in [9.17, 15) is 0 Å². The van der Waals surface area contributed by atoms with Crippen LogP contribution in [-0.2, 0) is 4.79 Å². The van der Waals surface area contributed by atoms with Gasteiger partial charge in [0.25, 0.3) is 0 Å². The summed E-state index contributed by atoms with van der Waals surface area (Å²) in [5, 5.41) is 7.51. The van der Waals surface area contributed by atoms with Crippen LogP contribution < -0.4 is 0 Å². The third-order valence-electron chi connectivity index (χ3n) is 1.57. The summed E-state index contributed by atoms with van der Waals surface area (Å²) in [6.07, 6.45) is 9.43. The molecule has 0 saturated heterocycles. The van der Waals surface area contributed by atoms with Crippen molar-refractivity contribution < 1.29 is 9.90 Å². The van der Waals surface area contributed by atoms with Gasteiger partial charge < -0.3 is 9.90 Å². The predicted molar refractivity (Wildman–Crippen MR) is 40.9 cm³/mol. The Labute approximate surface area is 62.2 Å². The number of hydrogen-bond acceptors (Lipinski definition) is 2. The van der Waals surface area contributed by atoms with Gasteiger partial charge in [-0.3, -0.25) is 0 Å². The zero-order valence-corrected chi connectivity index (χ0v) is 6.38. The first-order chi connectivity index (χ1) is 4.91. The van der Waals surface area contributed by atoms with Crippen molar-refractivity contribution in [2.75, 3.05) is 6.61 Å². The van der Waals surface area contributed by atoms with Gasteiger partial charge in [0.05, 0.1) is 6.61 Å². The summed E-state index contributed by atoms with van der Waals surface area (Å²) in [5.41, 5.74) is 0. The molecule has 1 N–H and O–H groups in total. The first-order valence-electron chi connectivity index (χ1n) is 3.96. The lowest BCUT2D eigenvalue weighted by molar-refractivity contribution is -0.110. The molecule has 2 nitrogen and oxygen atoms in total. The molecule has 0 aromatic heterocycles. The van der Waals surface area contributed by atoms with Crippen LogP contribution in [0.5, 0.6) is 0 Å². The number of aliphatic hydroxyl groups is 1. The van der Waals surface area contributed by atoms with Crippen LogP contribution in [0.4, 0.5) is 0 Å². The van der Waals surface area contributed by atoms with Crippen molar-refractivity contribution in [2.24, 2.45) is 0 Å². The van der Waals surface area contributed by atoms with E-state index in [0.29, 0.717) is 6.29 Å². The Hall–Kier alpha value is -0.370. The standard InChI is InChI=1S/C6H12.C2H4O2/c1-2-4-6-5-3-1;3-1-2-4/h1-6H2;1,4H,2H2. The Bertz CT molecular complexity index is 56.1. The van der Waals surface area contributed by atoms with Crippen molar-refractivity contribution in [1.82, 2.24) is 0 Å². The van der Waals surface area contributed by atoms with Crippen LogP contribution in [0.25, 0.3) is 0 Å². The third kappa shape index (κ3) is 7.63. The van der Waals surface area contributed by atoms with Gasteiger partial charge in [-0.2, -0.15) is 0 Å². The minimum absolute atomic E-state index is 0.361. The number of rotatable bonds is 1. The average molecular weight is 144 g/mol. The molecule has 1 saturated carbocycles. The Morgan fingerprint density at radius 1 is 1.00 bits per heavy atom. The maximum atomic E-state index is 8.92. The summed E-state index contributed by atoms with van der Waals surface area (Å²) in [6.45, 7) is -0.361. The molecule has 0 bridgehead atoms. The Morgan fingerprint density at radius 3 is 1.30 bits per heavy atom. The maximum Gasteiger partial charge on any atom is 0.145 e. The van der Waals surface area contributed by atoms with Crippen LogP contribution in [0.15, 0.2) is 0 Å². The fraction of sp³-hybridized carbons (Fsp3) is 0.875. The SMILES string of the molecule is C1CCCCC1.O=CCO. The molecule has 0 unspecified atom stereocenters. The molecule has 0 atom stereocenters. The van der Waals surface area contributed by atoms with Crippen LogP contribution in [-0.4, -0.2) is 18.0 Å². The molecule has 0 amide bonds. The van der Waals surface area contributed by atoms with Crippen molar-refractivity contribution in [1.29, 1.82) is 0 Å². The summed E-state index contributed by atoms with van der Waals surface area (Å²) < 4.78 is 0. The van der Waals surface area contributed by atoms with Crippen molar-refractivity contribution in [2.45, 2.75) is 38.5 Å². The van der Waals surface area contributed by atoms with E-state index >= 15 is 0 Å². The number of aldehydes is 1. The fourth-order valence-electron chi connectivity index (χ4n) is 1.06. The topological polar surface area (TPSA) is 37.3 Å². The molecule has 1 rings (SSSR count). The van der Waals surface area contributed by atoms with Crippen LogP contribution in [0.3, 0.4) is 0 Å². The number of hydrogen-bond donors (Lipinski definition) is 1. The summed E-state index contributed by atoms with van der Waals surface area (Å²) in [5.74, 6) is 0. The second-order valence-corrected chi connectivity index (χ2v) is 2.47. The lowest BCUT2D eigenvalue weighted by Crippen LogP contribution is -1.85. The van der Waals surface area contributed by atoms with Gasteiger partial charge in [-0.25, -0.2) is 0 Å². The van der Waals surface area contributed by atoms with Crippen LogP contribution >= 0.6 is 0 Å². The highest BCUT2D eigenvalue weighted by molar-refractivity contribution is 5.49. The maximum absolute atomic E-state index is 8.92. The smallest absolute Gasteiger partial charge is 0.145 e. The second-order valence-electron chi connectivity index (χ2n) is 2.47. The molecular formula is C8H16O2. The molecule has 0 radical (unpaired) electrons. The average Bonchev–Trinajstić information content (AvgIpc) is 2.08. The summed E-state index contributed by atoms with van der Waals surface area (Å²) in [7, 11) is 0. The van der Waals surface area contributed by atoms with E-state index in [1.165, 1.54) is 38.5 Å². The summed E-state index contributed by atoms with van der Waals surface area (Å²) >= 11 is 0. The first-order valence-corrected chi connectivity index (χ1v) is 3.96. The van der Waals surface area contributed by atoms with Gasteiger partial charge in [-0.1, -0.05) is 38.5 Å². The number of aliphatic hydroxyl groups excluding tert-OH is 1. The Kier molecular flexibility index (Phi) is 8.31. The first kappa shape index (κ1) is 9.63. The molecule has 2 heteroatoms. The van der Waals surface area contributed by atoms with E-state index < -0.39 is 0 Å². The van der Waals surface area contributed by atoms with Gasteiger partial charge in [0.15, 0.2) is 0 Å². The van der Waals surface area contributed by atoms with Crippen LogP contribution in [0.2, 0.25) is 0 Å². The molecule has 1 fully saturated rings. The molecule has 1 aliphatic rings. The van der Waals surface area contributed by atoms with Gasteiger partial charge in [-0.15, -0.1) is 0 Å². The van der Waals surface area contributed by atoms with Crippen LogP contribution in [0.1, 0.15) is 38.5 Å². The lowest BCUT2D eigenvalue weighted by Gasteiger charge is -2.05. The molecule has 0 aromatic carbocycles. The highest BCUT2D eigenvalue weighted by Crippen LogP contribution is 2.15. The van der Waals surface area contributed by atoms with E-state index in [1.807, 2.05) is 0 Å². The van der Waals surface area contributed by atoms with Crippen molar-refractivity contribution in [3.05, 3.63) is 0 Å².